The fraction of sp³-hybridized carbons (Fsp3) is 0.571. The van der Waals surface area contributed by atoms with Crippen molar-refractivity contribution in [1.82, 2.24) is 0 Å². The minimum atomic E-state index is -0.726. The molecular formula is C14H19ClO2. The Balaban J connectivity index is 2.59. The molecule has 0 atom stereocenters. The van der Waals surface area contributed by atoms with Crippen LogP contribution in [0.4, 0.5) is 0 Å². The summed E-state index contributed by atoms with van der Waals surface area (Å²) in [6.45, 7) is 6.39. The Morgan fingerprint density at radius 2 is 1.88 bits per heavy atom. The van der Waals surface area contributed by atoms with E-state index in [0.29, 0.717) is 10.8 Å². The van der Waals surface area contributed by atoms with Crippen molar-refractivity contribution < 1.29 is 9.84 Å². The number of hydrogen-bond acceptors (Lipinski definition) is 2. The number of aliphatic hydroxyl groups is 1. The highest BCUT2D eigenvalue weighted by Gasteiger charge is 2.45. The summed E-state index contributed by atoms with van der Waals surface area (Å²) < 4.78 is 5.32. The van der Waals surface area contributed by atoms with Crippen LogP contribution < -0.4 is 4.74 Å². The van der Waals surface area contributed by atoms with Gasteiger partial charge in [-0.15, -0.1) is 0 Å². The molecule has 1 aromatic rings. The Bertz CT molecular complexity index is 442. The lowest BCUT2D eigenvalue weighted by Gasteiger charge is -2.23. The first kappa shape index (κ1) is 12.7. The summed E-state index contributed by atoms with van der Waals surface area (Å²) in [7, 11) is 1.59. The second-order valence-electron chi connectivity index (χ2n) is 5.82. The smallest absolute Gasteiger partial charge is 0.143 e. The van der Waals surface area contributed by atoms with Crippen LogP contribution >= 0.6 is 11.6 Å². The van der Waals surface area contributed by atoms with Crippen LogP contribution in [0.2, 0.25) is 5.02 Å². The highest BCUT2D eigenvalue weighted by Crippen LogP contribution is 2.51. The molecule has 94 valence electrons. The first-order valence-electron chi connectivity index (χ1n) is 5.89. The molecule has 0 saturated heterocycles. The third-order valence-corrected chi connectivity index (χ3v) is 3.62. The van der Waals surface area contributed by atoms with Gasteiger partial charge in [0.2, 0.25) is 0 Å². The molecule has 0 heterocycles. The second kappa shape index (κ2) is 3.89. The van der Waals surface area contributed by atoms with Crippen LogP contribution in [0, 0.1) is 0 Å². The average molecular weight is 255 g/mol. The van der Waals surface area contributed by atoms with E-state index in [1.807, 2.05) is 12.1 Å². The number of rotatable bonds is 2. The zero-order chi connectivity index (χ0) is 12.8. The molecule has 1 fully saturated rings. The maximum atomic E-state index is 10.3. The maximum Gasteiger partial charge on any atom is 0.143 e. The molecule has 2 nitrogen and oxygen atoms in total. The zero-order valence-corrected chi connectivity index (χ0v) is 11.6. The Hall–Kier alpha value is -0.730. The van der Waals surface area contributed by atoms with Gasteiger partial charge in [-0.25, -0.2) is 0 Å². The fourth-order valence-electron chi connectivity index (χ4n) is 1.97. The fourth-order valence-corrected chi connectivity index (χ4v) is 2.26. The molecule has 0 amide bonds. The van der Waals surface area contributed by atoms with Crippen molar-refractivity contribution in [2.45, 2.75) is 44.6 Å². The van der Waals surface area contributed by atoms with Crippen LogP contribution in [0.15, 0.2) is 12.1 Å². The van der Waals surface area contributed by atoms with E-state index in [0.717, 1.165) is 24.0 Å². The van der Waals surface area contributed by atoms with Crippen molar-refractivity contribution in [3.63, 3.8) is 0 Å². The largest absolute Gasteiger partial charge is 0.495 e. The molecule has 0 bridgehead atoms. The molecule has 3 heteroatoms. The Morgan fingerprint density at radius 1 is 1.29 bits per heavy atom. The summed E-state index contributed by atoms with van der Waals surface area (Å²) in [5.74, 6) is 0.611. The van der Waals surface area contributed by atoms with Gasteiger partial charge >= 0.3 is 0 Å². The number of hydrogen-bond donors (Lipinski definition) is 1. The van der Waals surface area contributed by atoms with Gasteiger partial charge in [-0.05, 0) is 36.0 Å². The lowest BCUT2D eigenvalue weighted by molar-refractivity contribution is 0.147. The molecule has 1 aromatic carbocycles. The SMILES string of the molecule is COc1c(Cl)cc(C(C)(C)C)cc1C1(O)CC1. The highest BCUT2D eigenvalue weighted by molar-refractivity contribution is 6.32. The topological polar surface area (TPSA) is 29.5 Å². The van der Waals surface area contributed by atoms with Gasteiger partial charge in [0.1, 0.15) is 5.75 Å². The monoisotopic (exact) mass is 254 g/mol. The van der Waals surface area contributed by atoms with Gasteiger partial charge in [0, 0.05) is 5.56 Å². The van der Waals surface area contributed by atoms with E-state index in [2.05, 4.69) is 20.8 Å². The van der Waals surface area contributed by atoms with Crippen LogP contribution in [0.3, 0.4) is 0 Å². The van der Waals surface area contributed by atoms with Crippen LogP contribution in [0.1, 0.15) is 44.7 Å². The van der Waals surface area contributed by atoms with Crippen molar-refractivity contribution in [2.75, 3.05) is 7.11 Å². The predicted molar refractivity (Wildman–Crippen MR) is 69.8 cm³/mol. The third-order valence-electron chi connectivity index (χ3n) is 3.34. The Kier molecular flexibility index (Phi) is 2.91. The van der Waals surface area contributed by atoms with Gasteiger partial charge in [0.25, 0.3) is 0 Å². The molecule has 1 aliphatic carbocycles. The standard InChI is InChI=1S/C14H19ClO2/c1-13(2,3)9-7-10(14(16)5-6-14)12(17-4)11(15)8-9/h7-8,16H,5-6H2,1-4H3. The van der Waals surface area contributed by atoms with E-state index >= 15 is 0 Å². The summed E-state index contributed by atoms with van der Waals surface area (Å²) in [6.07, 6.45) is 1.57. The first-order valence-corrected chi connectivity index (χ1v) is 6.26. The van der Waals surface area contributed by atoms with E-state index < -0.39 is 5.60 Å². The van der Waals surface area contributed by atoms with Crippen LogP contribution in [-0.2, 0) is 11.0 Å². The van der Waals surface area contributed by atoms with Crippen LogP contribution in [0.25, 0.3) is 0 Å². The Labute approximate surface area is 108 Å². The molecule has 1 saturated carbocycles. The highest BCUT2D eigenvalue weighted by atomic mass is 35.5. The number of benzene rings is 1. The zero-order valence-electron chi connectivity index (χ0n) is 10.8. The van der Waals surface area contributed by atoms with Gasteiger partial charge in [-0.2, -0.15) is 0 Å². The van der Waals surface area contributed by atoms with Crippen LogP contribution in [-0.4, -0.2) is 12.2 Å². The number of halogens is 1. The Morgan fingerprint density at radius 3 is 2.29 bits per heavy atom. The average Bonchev–Trinajstić information content (AvgIpc) is 2.95. The van der Waals surface area contributed by atoms with Crippen molar-refractivity contribution in [3.8, 4) is 5.75 Å². The van der Waals surface area contributed by atoms with Crippen molar-refractivity contribution >= 4 is 11.6 Å². The summed E-state index contributed by atoms with van der Waals surface area (Å²) >= 11 is 6.24. The molecule has 0 radical (unpaired) electrons. The summed E-state index contributed by atoms with van der Waals surface area (Å²) in [5.41, 5.74) is 1.24. The van der Waals surface area contributed by atoms with Crippen molar-refractivity contribution in [3.05, 3.63) is 28.3 Å². The molecule has 0 aromatic heterocycles. The molecule has 0 aliphatic heterocycles. The minimum Gasteiger partial charge on any atom is -0.495 e. The van der Waals surface area contributed by atoms with E-state index in [1.165, 1.54) is 0 Å². The third kappa shape index (κ3) is 2.29. The van der Waals surface area contributed by atoms with E-state index in [9.17, 15) is 5.11 Å². The van der Waals surface area contributed by atoms with Gasteiger partial charge < -0.3 is 9.84 Å². The number of ether oxygens (including phenoxy) is 1. The molecule has 1 aliphatic rings. The predicted octanol–water partition coefficient (Wildman–Crippen LogP) is 3.63. The van der Waals surface area contributed by atoms with Crippen LogP contribution in [0.5, 0.6) is 5.75 Å². The number of methoxy groups -OCH3 is 1. The first-order chi connectivity index (χ1) is 7.78. The van der Waals surface area contributed by atoms with Crippen molar-refractivity contribution in [1.29, 1.82) is 0 Å². The summed E-state index contributed by atoms with van der Waals surface area (Å²) in [4.78, 5) is 0. The molecule has 0 spiro atoms. The molecule has 2 rings (SSSR count). The second-order valence-corrected chi connectivity index (χ2v) is 6.23. The minimum absolute atomic E-state index is 0.00983. The van der Waals surface area contributed by atoms with Crippen molar-refractivity contribution in [2.24, 2.45) is 0 Å². The normalized spacial score (nSPS) is 18.0. The summed E-state index contributed by atoms with van der Waals surface area (Å²) in [6, 6.07) is 3.95. The van der Waals surface area contributed by atoms with E-state index in [4.69, 9.17) is 16.3 Å². The summed E-state index contributed by atoms with van der Waals surface area (Å²) in [5, 5.41) is 10.9. The quantitative estimate of drug-likeness (QED) is 0.873. The lowest BCUT2D eigenvalue weighted by atomic mass is 9.85. The van der Waals surface area contributed by atoms with Gasteiger partial charge in [0.15, 0.2) is 0 Å². The lowest BCUT2D eigenvalue weighted by Crippen LogP contribution is -2.15. The van der Waals surface area contributed by atoms with Gasteiger partial charge in [-0.3, -0.25) is 0 Å². The molecule has 1 N–H and O–H groups in total. The molecule has 0 unspecified atom stereocenters. The van der Waals surface area contributed by atoms with Gasteiger partial charge in [0.05, 0.1) is 17.7 Å². The van der Waals surface area contributed by atoms with E-state index in [1.54, 1.807) is 7.11 Å². The molecule has 17 heavy (non-hydrogen) atoms. The molecular weight excluding hydrogens is 236 g/mol. The van der Waals surface area contributed by atoms with E-state index in [-0.39, 0.29) is 5.41 Å². The van der Waals surface area contributed by atoms with Gasteiger partial charge in [-0.1, -0.05) is 32.4 Å². The maximum absolute atomic E-state index is 10.3.